The van der Waals surface area contributed by atoms with Gasteiger partial charge >= 0.3 is 5.97 Å². The van der Waals surface area contributed by atoms with Crippen molar-refractivity contribution in [1.29, 1.82) is 0 Å². The van der Waals surface area contributed by atoms with E-state index >= 15 is 0 Å². The van der Waals surface area contributed by atoms with E-state index in [9.17, 15) is 4.79 Å². The Bertz CT molecular complexity index is 688. The van der Waals surface area contributed by atoms with Crippen molar-refractivity contribution >= 4 is 17.5 Å². The number of rotatable bonds is 3. The maximum absolute atomic E-state index is 11.0. The minimum Gasteiger partial charge on any atom is -0.493 e. The highest BCUT2D eigenvalue weighted by molar-refractivity contribution is 5.86. The lowest BCUT2D eigenvalue weighted by molar-refractivity contribution is 0.0690. The summed E-state index contributed by atoms with van der Waals surface area (Å²) in [5.41, 5.74) is 7.28. The molecule has 1 aromatic carbocycles. The summed E-state index contributed by atoms with van der Waals surface area (Å²) in [7, 11) is 0. The van der Waals surface area contributed by atoms with E-state index in [4.69, 9.17) is 15.6 Å². The van der Waals surface area contributed by atoms with Crippen molar-refractivity contribution in [3.63, 3.8) is 0 Å². The molecule has 3 rings (SSSR count). The van der Waals surface area contributed by atoms with Gasteiger partial charge in [0.2, 0.25) is 0 Å². The Morgan fingerprint density at radius 2 is 2.14 bits per heavy atom. The lowest BCUT2D eigenvalue weighted by atomic mass is 10.0. The molecule has 0 spiro atoms. The Kier molecular flexibility index (Phi) is 3.35. The second-order valence-electron chi connectivity index (χ2n) is 4.81. The second-order valence-corrected chi connectivity index (χ2v) is 4.81. The molecule has 21 heavy (non-hydrogen) atoms. The molecule has 1 unspecified atom stereocenters. The number of aromatic carboxylic acids is 1. The van der Waals surface area contributed by atoms with Crippen LogP contribution in [0.15, 0.2) is 36.4 Å². The van der Waals surface area contributed by atoms with Gasteiger partial charge in [0.15, 0.2) is 11.5 Å². The van der Waals surface area contributed by atoms with Crippen molar-refractivity contribution < 1.29 is 14.6 Å². The predicted octanol–water partition coefficient (Wildman–Crippen LogP) is 2.30. The van der Waals surface area contributed by atoms with E-state index in [1.165, 1.54) is 6.07 Å². The molecule has 1 aliphatic rings. The van der Waals surface area contributed by atoms with E-state index in [1.54, 1.807) is 6.07 Å². The number of hydrogen-bond donors (Lipinski definition) is 3. The molecule has 1 aromatic heterocycles. The number of nitrogen functional groups attached to an aromatic ring is 1. The van der Waals surface area contributed by atoms with Crippen LogP contribution in [0.5, 0.6) is 5.75 Å². The average molecular weight is 285 g/mol. The van der Waals surface area contributed by atoms with Crippen LogP contribution in [0.2, 0.25) is 0 Å². The molecule has 1 aliphatic heterocycles. The lowest BCUT2D eigenvalue weighted by Gasteiger charge is -2.27. The Hall–Kier alpha value is -2.76. The molecule has 0 saturated heterocycles. The molecule has 0 bridgehead atoms. The molecule has 2 aromatic rings. The fourth-order valence-corrected chi connectivity index (χ4v) is 2.36. The van der Waals surface area contributed by atoms with E-state index in [0.717, 1.165) is 17.7 Å². The van der Waals surface area contributed by atoms with Gasteiger partial charge in [-0.3, -0.25) is 0 Å². The van der Waals surface area contributed by atoms with E-state index in [-0.39, 0.29) is 11.7 Å². The molecule has 6 nitrogen and oxygen atoms in total. The maximum Gasteiger partial charge on any atom is 0.354 e. The number of pyridine rings is 1. The summed E-state index contributed by atoms with van der Waals surface area (Å²) in [5, 5.41) is 12.2. The van der Waals surface area contributed by atoms with E-state index in [0.29, 0.717) is 18.1 Å². The zero-order valence-corrected chi connectivity index (χ0v) is 11.2. The third-order valence-electron chi connectivity index (χ3n) is 3.42. The van der Waals surface area contributed by atoms with Gasteiger partial charge < -0.3 is 20.9 Å². The molecule has 4 N–H and O–H groups in total. The van der Waals surface area contributed by atoms with Gasteiger partial charge in [0.25, 0.3) is 0 Å². The molecule has 0 aliphatic carbocycles. The van der Waals surface area contributed by atoms with E-state index in [2.05, 4.69) is 10.3 Å². The van der Waals surface area contributed by atoms with Crippen molar-refractivity contribution in [3.05, 3.63) is 47.7 Å². The number of anilines is 2. The van der Waals surface area contributed by atoms with Gasteiger partial charge in [-0.05, 0) is 18.2 Å². The smallest absolute Gasteiger partial charge is 0.354 e. The number of nitrogens with zero attached hydrogens (tertiary/aromatic N) is 1. The van der Waals surface area contributed by atoms with Gasteiger partial charge in [0.1, 0.15) is 5.75 Å². The number of carbonyl (C=O) groups is 1. The number of aromatic nitrogens is 1. The van der Waals surface area contributed by atoms with Crippen LogP contribution < -0.4 is 15.8 Å². The number of hydrogen-bond acceptors (Lipinski definition) is 5. The number of nitrogens with one attached hydrogen (secondary N) is 1. The topological polar surface area (TPSA) is 97.5 Å². The van der Waals surface area contributed by atoms with Crippen molar-refractivity contribution in [1.82, 2.24) is 4.98 Å². The Balaban J connectivity index is 1.91. The first-order valence-corrected chi connectivity index (χ1v) is 6.63. The summed E-state index contributed by atoms with van der Waals surface area (Å²) in [6, 6.07) is 10.7. The first kappa shape index (κ1) is 13.2. The molecule has 108 valence electrons. The first-order chi connectivity index (χ1) is 10.1. The predicted molar refractivity (Wildman–Crippen MR) is 78.5 cm³/mol. The van der Waals surface area contributed by atoms with Crippen LogP contribution in [-0.4, -0.2) is 22.7 Å². The van der Waals surface area contributed by atoms with Gasteiger partial charge in [0.05, 0.1) is 18.3 Å². The summed E-state index contributed by atoms with van der Waals surface area (Å²) in [4.78, 5) is 15.1. The molecule has 0 radical (unpaired) electrons. The number of fused-ring (bicyclic) bond motifs is 1. The van der Waals surface area contributed by atoms with Crippen LogP contribution >= 0.6 is 0 Å². The summed E-state index contributed by atoms with van der Waals surface area (Å²) in [6.45, 7) is 0.590. The summed E-state index contributed by atoms with van der Waals surface area (Å²) in [6.07, 6.45) is 0.759. The van der Waals surface area contributed by atoms with Crippen molar-refractivity contribution in [2.24, 2.45) is 0 Å². The van der Waals surface area contributed by atoms with Gasteiger partial charge in [-0.15, -0.1) is 0 Å². The third kappa shape index (κ3) is 2.60. The molecule has 0 saturated carbocycles. The van der Waals surface area contributed by atoms with Gasteiger partial charge in [-0.2, -0.15) is 0 Å². The average Bonchev–Trinajstić information content (AvgIpc) is 2.49. The minimum atomic E-state index is -1.08. The van der Waals surface area contributed by atoms with Crippen LogP contribution in [0.25, 0.3) is 0 Å². The van der Waals surface area contributed by atoms with Crippen LogP contribution in [0.4, 0.5) is 11.5 Å². The van der Waals surface area contributed by atoms with Crippen molar-refractivity contribution in [2.75, 3.05) is 17.7 Å². The highest BCUT2D eigenvalue weighted by Crippen LogP contribution is 2.34. The number of carboxylic acid groups (broad SMARTS) is 1. The van der Waals surface area contributed by atoms with E-state index in [1.807, 2.05) is 24.3 Å². The summed E-state index contributed by atoms with van der Waals surface area (Å²) in [5.74, 6) is 0.135. The van der Waals surface area contributed by atoms with E-state index < -0.39 is 5.97 Å². The zero-order chi connectivity index (χ0) is 14.8. The number of nitrogens with two attached hydrogens (primary N) is 1. The number of carboxylic acids is 1. The molecule has 0 amide bonds. The maximum atomic E-state index is 11.0. The first-order valence-electron chi connectivity index (χ1n) is 6.63. The SMILES string of the molecule is Nc1ccc(C(=O)O)nc1NC1CCOc2ccccc21. The molecule has 1 atom stereocenters. The number of benzene rings is 1. The molecular weight excluding hydrogens is 270 g/mol. The quantitative estimate of drug-likeness (QED) is 0.800. The van der Waals surface area contributed by atoms with Gasteiger partial charge in [-0.25, -0.2) is 9.78 Å². The Morgan fingerprint density at radius 3 is 2.95 bits per heavy atom. The summed E-state index contributed by atoms with van der Waals surface area (Å²) >= 11 is 0. The largest absolute Gasteiger partial charge is 0.493 e. The minimum absolute atomic E-state index is 0.00575. The fourth-order valence-electron chi connectivity index (χ4n) is 2.36. The highest BCUT2D eigenvalue weighted by atomic mass is 16.5. The van der Waals surface area contributed by atoms with Crippen LogP contribution in [0.3, 0.4) is 0 Å². The Morgan fingerprint density at radius 1 is 1.33 bits per heavy atom. The fraction of sp³-hybridized carbons (Fsp3) is 0.200. The monoisotopic (exact) mass is 285 g/mol. The van der Waals surface area contributed by atoms with Crippen molar-refractivity contribution in [2.45, 2.75) is 12.5 Å². The lowest BCUT2D eigenvalue weighted by Crippen LogP contribution is -2.21. The third-order valence-corrected chi connectivity index (χ3v) is 3.42. The second kappa shape index (κ2) is 5.32. The molecular formula is C15H15N3O3. The molecule has 6 heteroatoms. The van der Waals surface area contributed by atoms with Gasteiger partial charge in [-0.1, -0.05) is 18.2 Å². The van der Waals surface area contributed by atoms with Crippen molar-refractivity contribution in [3.8, 4) is 5.75 Å². The molecule has 2 heterocycles. The number of ether oxygens (including phenoxy) is 1. The number of para-hydroxylation sites is 1. The Labute approximate surface area is 121 Å². The summed E-state index contributed by atoms with van der Waals surface area (Å²) < 4.78 is 5.60. The van der Waals surface area contributed by atoms with Gasteiger partial charge in [0, 0.05) is 12.0 Å². The highest BCUT2D eigenvalue weighted by Gasteiger charge is 2.22. The van der Waals surface area contributed by atoms with Crippen LogP contribution in [-0.2, 0) is 0 Å². The normalized spacial score (nSPS) is 16.7. The zero-order valence-electron chi connectivity index (χ0n) is 11.2. The van der Waals surface area contributed by atoms with Crippen LogP contribution in [0, 0.1) is 0 Å². The molecule has 0 fully saturated rings. The standard InChI is InChI=1S/C15H15N3O3/c16-10-5-6-12(15(19)20)18-14(10)17-11-7-8-21-13-4-2-1-3-9(11)13/h1-6,11H,7-8,16H2,(H,17,18)(H,19,20). The van der Waals surface area contributed by atoms with Crippen LogP contribution in [0.1, 0.15) is 28.5 Å².